The maximum atomic E-state index is 12.5. The molecule has 0 unspecified atom stereocenters. The lowest BCUT2D eigenvalue weighted by atomic mass is 10.00. The van der Waals surface area contributed by atoms with Crippen LogP contribution >= 0.6 is 0 Å². The zero-order valence-corrected chi connectivity index (χ0v) is 12.4. The molecule has 2 aromatic carbocycles. The Bertz CT molecular complexity index is 725. The van der Waals surface area contributed by atoms with Crippen LogP contribution < -0.4 is 15.0 Å². The van der Waals surface area contributed by atoms with Crippen molar-refractivity contribution in [2.45, 2.75) is 5.92 Å². The van der Waals surface area contributed by atoms with Crippen molar-refractivity contribution in [2.24, 2.45) is 0 Å². The number of nitrogens with one attached hydrogen (secondary N) is 1. The SMILES string of the molecule is COc1ccc(NC(=O)[C@H]2C(=O)N(C)c3ccccc32)cc1. The maximum absolute atomic E-state index is 12.5. The van der Waals surface area contributed by atoms with Gasteiger partial charge in [0.15, 0.2) is 0 Å². The lowest BCUT2D eigenvalue weighted by Gasteiger charge is -2.12. The van der Waals surface area contributed by atoms with E-state index in [-0.39, 0.29) is 11.8 Å². The number of fused-ring (bicyclic) bond motifs is 1. The molecular weight excluding hydrogens is 280 g/mol. The number of hydrogen-bond donors (Lipinski definition) is 1. The average Bonchev–Trinajstić information content (AvgIpc) is 2.80. The van der Waals surface area contributed by atoms with Crippen LogP contribution in [0.3, 0.4) is 0 Å². The van der Waals surface area contributed by atoms with Crippen LogP contribution in [0.1, 0.15) is 11.5 Å². The lowest BCUT2D eigenvalue weighted by Crippen LogP contribution is -2.31. The first-order valence-corrected chi connectivity index (χ1v) is 6.93. The van der Waals surface area contributed by atoms with Gasteiger partial charge in [-0.25, -0.2) is 0 Å². The number of amides is 2. The average molecular weight is 296 g/mol. The minimum absolute atomic E-state index is 0.216. The van der Waals surface area contributed by atoms with Crippen molar-refractivity contribution in [3.8, 4) is 5.75 Å². The molecule has 3 rings (SSSR count). The minimum Gasteiger partial charge on any atom is -0.497 e. The molecule has 22 heavy (non-hydrogen) atoms. The summed E-state index contributed by atoms with van der Waals surface area (Å²) in [6.45, 7) is 0. The molecule has 1 heterocycles. The van der Waals surface area contributed by atoms with E-state index < -0.39 is 5.92 Å². The van der Waals surface area contributed by atoms with Crippen LogP contribution in [-0.4, -0.2) is 26.0 Å². The highest BCUT2D eigenvalue weighted by Gasteiger charge is 2.39. The predicted molar refractivity (Wildman–Crippen MR) is 84.2 cm³/mol. The molecule has 2 amide bonds. The summed E-state index contributed by atoms with van der Waals surface area (Å²) in [5, 5.41) is 2.79. The van der Waals surface area contributed by atoms with Gasteiger partial charge >= 0.3 is 0 Å². The van der Waals surface area contributed by atoms with Crippen molar-refractivity contribution >= 4 is 23.2 Å². The number of hydrogen-bond acceptors (Lipinski definition) is 3. The lowest BCUT2D eigenvalue weighted by molar-refractivity contribution is -0.126. The highest BCUT2D eigenvalue weighted by atomic mass is 16.5. The number of methoxy groups -OCH3 is 1. The predicted octanol–water partition coefficient (Wildman–Crippen LogP) is 2.39. The highest BCUT2D eigenvalue weighted by molar-refractivity contribution is 6.20. The van der Waals surface area contributed by atoms with E-state index in [4.69, 9.17) is 4.74 Å². The summed E-state index contributed by atoms with van der Waals surface area (Å²) in [4.78, 5) is 26.4. The van der Waals surface area contributed by atoms with Gasteiger partial charge in [0.1, 0.15) is 11.7 Å². The van der Waals surface area contributed by atoms with Crippen molar-refractivity contribution in [3.63, 3.8) is 0 Å². The number of carbonyl (C=O) groups is 2. The summed E-state index contributed by atoms with van der Waals surface area (Å²) in [7, 11) is 3.26. The first kappa shape index (κ1) is 14.1. The summed E-state index contributed by atoms with van der Waals surface area (Å²) in [5.41, 5.74) is 2.15. The van der Waals surface area contributed by atoms with Crippen LogP contribution in [-0.2, 0) is 9.59 Å². The molecule has 5 nitrogen and oxygen atoms in total. The van der Waals surface area contributed by atoms with Crippen LogP contribution in [0, 0.1) is 0 Å². The molecule has 0 aliphatic carbocycles. The van der Waals surface area contributed by atoms with Crippen molar-refractivity contribution in [1.29, 1.82) is 0 Å². The van der Waals surface area contributed by atoms with Crippen molar-refractivity contribution < 1.29 is 14.3 Å². The van der Waals surface area contributed by atoms with Gasteiger partial charge in [-0.15, -0.1) is 0 Å². The Morgan fingerprint density at radius 3 is 2.50 bits per heavy atom. The van der Waals surface area contributed by atoms with Crippen LogP contribution in [0.2, 0.25) is 0 Å². The van der Waals surface area contributed by atoms with Gasteiger partial charge in [-0.2, -0.15) is 0 Å². The van der Waals surface area contributed by atoms with Gasteiger partial charge in [0, 0.05) is 18.4 Å². The first-order valence-electron chi connectivity index (χ1n) is 6.93. The largest absolute Gasteiger partial charge is 0.497 e. The molecular formula is C17H16N2O3. The molecule has 0 aromatic heterocycles. The van der Waals surface area contributed by atoms with Crippen molar-refractivity contribution in [2.75, 3.05) is 24.4 Å². The minimum atomic E-state index is -0.802. The summed E-state index contributed by atoms with van der Waals surface area (Å²) in [6, 6.07) is 14.3. The third-order valence-electron chi connectivity index (χ3n) is 3.81. The Morgan fingerprint density at radius 2 is 1.82 bits per heavy atom. The van der Waals surface area contributed by atoms with Gasteiger partial charge < -0.3 is 15.0 Å². The Balaban J connectivity index is 1.84. The number of nitrogens with zero attached hydrogens (tertiary/aromatic N) is 1. The maximum Gasteiger partial charge on any atom is 0.243 e. The van der Waals surface area contributed by atoms with E-state index in [0.29, 0.717) is 11.4 Å². The fraction of sp³-hybridized carbons (Fsp3) is 0.176. The number of likely N-dealkylation sites (N-methyl/N-ethyl adjacent to an activating group) is 1. The Hall–Kier alpha value is -2.82. The number of carbonyl (C=O) groups excluding carboxylic acids is 2. The van der Waals surface area contributed by atoms with Crippen LogP contribution in [0.25, 0.3) is 0 Å². The molecule has 0 spiro atoms. The fourth-order valence-corrected chi connectivity index (χ4v) is 2.62. The molecule has 0 saturated carbocycles. The Kier molecular flexibility index (Phi) is 3.55. The smallest absolute Gasteiger partial charge is 0.243 e. The van der Waals surface area contributed by atoms with Gasteiger partial charge in [-0.3, -0.25) is 9.59 Å². The summed E-state index contributed by atoms with van der Waals surface area (Å²) in [6.07, 6.45) is 0. The summed E-state index contributed by atoms with van der Waals surface area (Å²) >= 11 is 0. The third-order valence-corrected chi connectivity index (χ3v) is 3.81. The molecule has 2 aromatic rings. The molecule has 1 atom stereocenters. The Labute approximate surface area is 128 Å². The number of ether oxygens (including phenoxy) is 1. The molecule has 1 aliphatic rings. The van der Waals surface area contributed by atoms with E-state index in [1.807, 2.05) is 24.3 Å². The van der Waals surface area contributed by atoms with E-state index in [9.17, 15) is 9.59 Å². The standard InChI is InChI=1S/C17H16N2O3/c1-19-14-6-4-3-5-13(14)15(17(19)21)16(20)18-11-7-9-12(22-2)10-8-11/h3-10,15H,1-2H3,(H,18,20)/t15-/m0/s1. The monoisotopic (exact) mass is 296 g/mol. The van der Waals surface area contributed by atoms with Gasteiger partial charge in [-0.05, 0) is 35.9 Å². The summed E-state index contributed by atoms with van der Waals surface area (Å²) in [5.74, 6) is -0.637. The van der Waals surface area contributed by atoms with Crippen molar-refractivity contribution in [1.82, 2.24) is 0 Å². The fourth-order valence-electron chi connectivity index (χ4n) is 2.62. The zero-order chi connectivity index (χ0) is 15.7. The van der Waals surface area contributed by atoms with Gasteiger partial charge in [0.25, 0.3) is 0 Å². The zero-order valence-electron chi connectivity index (χ0n) is 12.4. The number of anilines is 2. The molecule has 0 radical (unpaired) electrons. The molecule has 0 saturated heterocycles. The normalized spacial score (nSPS) is 16.4. The molecule has 112 valence electrons. The second-order valence-electron chi connectivity index (χ2n) is 5.11. The quantitative estimate of drug-likeness (QED) is 0.885. The molecule has 5 heteroatoms. The highest BCUT2D eigenvalue weighted by Crippen LogP contribution is 2.36. The first-order chi connectivity index (χ1) is 10.6. The van der Waals surface area contributed by atoms with Crippen molar-refractivity contribution in [3.05, 3.63) is 54.1 Å². The van der Waals surface area contributed by atoms with E-state index in [2.05, 4.69) is 5.32 Å². The summed E-state index contributed by atoms with van der Waals surface area (Å²) < 4.78 is 5.08. The van der Waals surface area contributed by atoms with E-state index in [1.54, 1.807) is 38.4 Å². The second-order valence-corrected chi connectivity index (χ2v) is 5.11. The Morgan fingerprint density at radius 1 is 1.14 bits per heavy atom. The molecule has 0 bridgehead atoms. The molecule has 1 aliphatic heterocycles. The van der Waals surface area contributed by atoms with E-state index >= 15 is 0 Å². The topological polar surface area (TPSA) is 58.6 Å². The van der Waals surface area contributed by atoms with E-state index in [1.165, 1.54) is 4.90 Å². The van der Waals surface area contributed by atoms with Gasteiger partial charge in [0.2, 0.25) is 11.8 Å². The van der Waals surface area contributed by atoms with Crippen LogP contribution in [0.15, 0.2) is 48.5 Å². The van der Waals surface area contributed by atoms with Crippen LogP contribution in [0.5, 0.6) is 5.75 Å². The molecule has 0 fully saturated rings. The second kappa shape index (κ2) is 5.52. The van der Waals surface area contributed by atoms with Crippen LogP contribution in [0.4, 0.5) is 11.4 Å². The molecule has 1 N–H and O–H groups in total. The van der Waals surface area contributed by atoms with Gasteiger partial charge in [0.05, 0.1) is 7.11 Å². The number of benzene rings is 2. The van der Waals surface area contributed by atoms with E-state index in [0.717, 1.165) is 11.3 Å². The number of rotatable bonds is 3. The van der Waals surface area contributed by atoms with Gasteiger partial charge in [-0.1, -0.05) is 18.2 Å². The third kappa shape index (κ3) is 2.30. The number of para-hydroxylation sites is 1.